The summed E-state index contributed by atoms with van der Waals surface area (Å²) < 4.78 is 5.43. The van der Waals surface area contributed by atoms with E-state index in [9.17, 15) is 0 Å². The van der Waals surface area contributed by atoms with E-state index in [0.29, 0.717) is 6.04 Å². The lowest BCUT2D eigenvalue weighted by molar-refractivity contribution is 0.281. The summed E-state index contributed by atoms with van der Waals surface area (Å²) in [6.07, 6.45) is 7.76. The van der Waals surface area contributed by atoms with Crippen LogP contribution < -0.4 is 5.32 Å². The van der Waals surface area contributed by atoms with Crippen LogP contribution in [-0.2, 0) is 6.42 Å². The molecule has 2 atom stereocenters. The Labute approximate surface area is 152 Å². The van der Waals surface area contributed by atoms with Crippen molar-refractivity contribution < 1.29 is 4.42 Å². The van der Waals surface area contributed by atoms with Crippen molar-refractivity contribution in [2.75, 3.05) is 39.3 Å². The SMILES string of the molecule is CCC(C)NC(=NCCc1ccco1)N1CCC(CN2CCCC2)C1. The number of rotatable bonds is 7. The lowest BCUT2D eigenvalue weighted by atomic mass is 10.1. The molecule has 3 heterocycles. The van der Waals surface area contributed by atoms with E-state index in [1.54, 1.807) is 6.26 Å². The third-order valence-corrected chi connectivity index (χ3v) is 5.49. The standard InChI is InChI=1S/C20H34N4O/c1-3-17(2)22-20(21-10-8-19-7-6-14-25-19)24-13-9-18(16-24)15-23-11-4-5-12-23/h6-7,14,17-18H,3-5,8-13,15-16H2,1-2H3,(H,21,22). The van der Waals surface area contributed by atoms with Gasteiger partial charge in [-0.05, 0) is 63.7 Å². The largest absolute Gasteiger partial charge is 0.469 e. The number of nitrogens with one attached hydrogen (secondary N) is 1. The van der Waals surface area contributed by atoms with Crippen molar-refractivity contribution in [3.05, 3.63) is 24.2 Å². The Bertz CT molecular complexity index is 522. The summed E-state index contributed by atoms with van der Waals surface area (Å²) >= 11 is 0. The van der Waals surface area contributed by atoms with Crippen molar-refractivity contribution in [1.29, 1.82) is 0 Å². The lowest BCUT2D eigenvalue weighted by Gasteiger charge is -2.26. The summed E-state index contributed by atoms with van der Waals surface area (Å²) in [5.74, 6) is 2.89. The highest BCUT2D eigenvalue weighted by Gasteiger charge is 2.27. The number of hydrogen-bond acceptors (Lipinski definition) is 3. The first-order chi connectivity index (χ1) is 12.2. The van der Waals surface area contributed by atoms with Crippen LogP contribution in [0.15, 0.2) is 27.8 Å². The Morgan fingerprint density at radius 3 is 2.92 bits per heavy atom. The maximum Gasteiger partial charge on any atom is 0.194 e. The first kappa shape index (κ1) is 18.3. The Balaban J connectivity index is 1.54. The van der Waals surface area contributed by atoms with E-state index in [2.05, 4.69) is 29.0 Å². The third-order valence-electron chi connectivity index (χ3n) is 5.49. The second-order valence-corrected chi connectivity index (χ2v) is 7.60. The molecular weight excluding hydrogens is 312 g/mol. The smallest absolute Gasteiger partial charge is 0.194 e. The van der Waals surface area contributed by atoms with E-state index < -0.39 is 0 Å². The van der Waals surface area contributed by atoms with Crippen molar-refractivity contribution in [3.8, 4) is 0 Å². The number of furan rings is 1. The van der Waals surface area contributed by atoms with Crippen molar-refractivity contribution in [3.63, 3.8) is 0 Å². The summed E-state index contributed by atoms with van der Waals surface area (Å²) in [5.41, 5.74) is 0. The molecule has 2 unspecified atom stereocenters. The second-order valence-electron chi connectivity index (χ2n) is 7.60. The van der Waals surface area contributed by atoms with Gasteiger partial charge in [0.2, 0.25) is 0 Å². The van der Waals surface area contributed by atoms with Crippen LogP contribution in [0.2, 0.25) is 0 Å². The summed E-state index contributed by atoms with van der Waals surface area (Å²) in [5, 5.41) is 3.63. The molecule has 25 heavy (non-hydrogen) atoms. The van der Waals surface area contributed by atoms with Crippen molar-refractivity contribution in [1.82, 2.24) is 15.1 Å². The molecule has 5 heteroatoms. The number of hydrogen-bond donors (Lipinski definition) is 1. The van der Waals surface area contributed by atoms with E-state index in [0.717, 1.165) is 50.1 Å². The topological polar surface area (TPSA) is 44.0 Å². The van der Waals surface area contributed by atoms with Gasteiger partial charge in [0.25, 0.3) is 0 Å². The molecule has 5 nitrogen and oxygen atoms in total. The molecule has 2 aliphatic rings. The molecule has 1 aromatic rings. The summed E-state index contributed by atoms with van der Waals surface area (Å²) in [4.78, 5) is 10.0. The molecule has 0 amide bonds. The fraction of sp³-hybridized carbons (Fsp3) is 0.750. The molecule has 2 fully saturated rings. The fourth-order valence-corrected chi connectivity index (χ4v) is 3.79. The number of likely N-dealkylation sites (tertiary alicyclic amines) is 2. The van der Waals surface area contributed by atoms with Gasteiger partial charge in [-0.1, -0.05) is 6.92 Å². The Hall–Kier alpha value is -1.49. The summed E-state index contributed by atoms with van der Waals surface area (Å²) in [6, 6.07) is 4.43. The van der Waals surface area contributed by atoms with E-state index in [1.807, 2.05) is 12.1 Å². The van der Waals surface area contributed by atoms with Crippen molar-refractivity contribution in [2.45, 2.75) is 52.0 Å². The third kappa shape index (κ3) is 5.50. The lowest BCUT2D eigenvalue weighted by Crippen LogP contribution is -2.44. The van der Waals surface area contributed by atoms with Gasteiger partial charge in [0.15, 0.2) is 5.96 Å². The fourth-order valence-electron chi connectivity index (χ4n) is 3.79. The quantitative estimate of drug-likeness (QED) is 0.609. The minimum Gasteiger partial charge on any atom is -0.469 e. The zero-order chi connectivity index (χ0) is 17.5. The molecular formula is C20H34N4O. The van der Waals surface area contributed by atoms with Crippen LogP contribution in [0.4, 0.5) is 0 Å². The predicted octanol–water partition coefficient (Wildman–Crippen LogP) is 2.98. The molecule has 0 bridgehead atoms. The molecule has 3 rings (SSSR count). The molecule has 0 radical (unpaired) electrons. The van der Waals surface area contributed by atoms with Gasteiger partial charge < -0.3 is 19.5 Å². The number of aliphatic imine (C=N–C) groups is 1. The second kappa shape index (κ2) is 9.27. The van der Waals surface area contributed by atoms with Gasteiger partial charge >= 0.3 is 0 Å². The predicted molar refractivity (Wildman–Crippen MR) is 103 cm³/mol. The number of guanidine groups is 1. The zero-order valence-electron chi connectivity index (χ0n) is 15.9. The van der Waals surface area contributed by atoms with E-state index in [4.69, 9.17) is 9.41 Å². The molecule has 1 aromatic heterocycles. The van der Waals surface area contributed by atoms with Gasteiger partial charge in [-0.25, -0.2) is 0 Å². The Kier molecular flexibility index (Phi) is 6.79. The average molecular weight is 347 g/mol. The van der Waals surface area contributed by atoms with E-state index >= 15 is 0 Å². The van der Waals surface area contributed by atoms with Crippen LogP contribution >= 0.6 is 0 Å². The molecule has 2 saturated heterocycles. The molecule has 1 N–H and O–H groups in total. The minimum absolute atomic E-state index is 0.458. The van der Waals surface area contributed by atoms with Gasteiger partial charge in [-0.15, -0.1) is 0 Å². The van der Waals surface area contributed by atoms with Crippen LogP contribution in [0.5, 0.6) is 0 Å². The molecule has 0 spiro atoms. The van der Waals surface area contributed by atoms with Gasteiger partial charge in [0.1, 0.15) is 5.76 Å². The molecule has 0 aliphatic carbocycles. The zero-order valence-corrected chi connectivity index (χ0v) is 15.9. The van der Waals surface area contributed by atoms with E-state index in [1.165, 1.54) is 38.9 Å². The van der Waals surface area contributed by atoms with Crippen LogP contribution in [0.3, 0.4) is 0 Å². The maximum absolute atomic E-state index is 5.43. The normalized spacial score (nSPS) is 23.4. The summed E-state index contributed by atoms with van der Waals surface area (Å²) in [7, 11) is 0. The van der Waals surface area contributed by atoms with Crippen LogP contribution in [0.25, 0.3) is 0 Å². The maximum atomic E-state index is 5.43. The Morgan fingerprint density at radius 2 is 2.20 bits per heavy atom. The van der Waals surface area contributed by atoms with Gasteiger partial charge in [-0.2, -0.15) is 0 Å². The highest BCUT2D eigenvalue weighted by Crippen LogP contribution is 2.20. The molecule has 140 valence electrons. The molecule has 0 aromatic carbocycles. The minimum atomic E-state index is 0.458. The van der Waals surface area contributed by atoms with Gasteiger partial charge in [-0.3, -0.25) is 4.99 Å². The van der Waals surface area contributed by atoms with Gasteiger partial charge in [0.05, 0.1) is 6.26 Å². The molecule has 2 aliphatic heterocycles. The van der Waals surface area contributed by atoms with Crippen molar-refractivity contribution in [2.24, 2.45) is 10.9 Å². The average Bonchev–Trinajstić information content (AvgIpc) is 3.37. The highest BCUT2D eigenvalue weighted by molar-refractivity contribution is 5.80. The summed E-state index contributed by atoms with van der Waals surface area (Å²) in [6.45, 7) is 11.4. The molecule has 0 saturated carbocycles. The highest BCUT2D eigenvalue weighted by atomic mass is 16.3. The van der Waals surface area contributed by atoms with Crippen LogP contribution in [-0.4, -0.2) is 61.1 Å². The number of nitrogens with zero attached hydrogens (tertiary/aromatic N) is 3. The van der Waals surface area contributed by atoms with Gasteiger partial charge in [0, 0.05) is 38.6 Å². The monoisotopic (exact) mass is 346 g/mol. The van der Waals surface area contributed by atoms with E-state index in [-0.39, 0.29) is 0 Å². The van der Waals surface area contributed by atoms with Crippen LogP contribution in [0.1, 0.15) is 45.3 Å². The first-order valence-electron chi connectivity index (χ1n) is 10.0. The first-order valence-corrected chi connectivity index (χ1v) is 10.0. The Morgan fingerprint density at radius 1 is 1.36 bits per heavy atom. The van der Waals surface area contributed by atoms with Crippen molar-refractivity contribution >= 4 is 5.96 Å². The van der Waals surface area contributed by atoms with Crippen LogP contribution in [0, 0.1) is 5.92 Å².